The molecule has 0 saturated carbocycles. The number of hydrogen-bond acceptors (Lipinski definition) is 7. The Kier molecular flexibility index (Phi) is 36.7. The highest BCUT2D eigenvalue weighted by Crippen LogP contribution is 2.43. The molecule has 0 rings (SSSR count). The zero-order valence-corrected chi connectivity index (χ0v) is 37.1. The van der Waals surface area contributed by atoms with Gasteiger partial charge < -0.3 is 24.0 Å². The van der Waals surface area contributed by atoms with E-state index in [-0.39, 0.29) is 26.2 Å². The van der Waals surface area contributed by atoms with Crippen molar-refractivity contribution in [2.75, 3.05) is 47.5 Å². The van der Waals surface area contributed by atoms with Crippen LogP contribution in [0.4, 0.5) is 0 Å². The van der Waals surface area contributed by atoms with Gasteiger partial charge in [0.05, 0.1) is 40.1 Å². The first-order valence-electron chi connectivity index (χ1n) is 21.8. The van der Waals surface area contributed by atoms with Crippen LogP contribution in [0, 0.1) is 0 Å². The van der Waals surface area contributed by atoms with E-state index < -0.39 is 26.0 Å². The molecule has 0 aliphatic heterocycles. The summed E-state index contributed by atoms with van der Waals surface area (Å²) in [7, 11) is 1.53. The molecule has 0 saturated heterocycles. The number of esters is 1. The second kappa shape index (κ2) is 38.3. The molecular formula is C46H83NO8P+. The molecule has 10 heteroatoms. The van der Waals surface area contributed by atoms with E-state index in [9.17, 15) is 19.4 Å². The molecule has 0 amide bonds. The zero-order chi connectivity index (χ0) is 41.4. The maximum Gasteiger partial charge on any atom is 0.472 e. The lowest BCUT2D eigenvalue weighted by molar-refractivity contribution is -0.870. The summed E-state index contributed by atoms with van der Waals surface area (Å²) in [6.45, 7) is 4.69. The molecule has 0 bridgehead atoms. The fraction of sp³-hybridized carbons (Fsp3) is 0.717. The normalized spacial score (nSPS) is 15.0. The summed E-state index contributed by atoms with van der Waals surface area (Å²) in [5.41, 5.74) is 0. The maximum absolute atomic E-state index is 12.7. The van der Waals surface area contributed by atoms with Crippen LogP contribution in [0.5, 0.6) is 0 Å². The average Bonchev–Trinajstić information content (AvgIpc) is 3.14. The fourth-order valence-corrected chi connectivity index (χ4v) is 6.15. The lowest BCUT2D eigenvalue weighted by atomic mass is 10.1. The van der Waals surface area contributed by atoms with Gasteiger partial charge in [0.25, 0.3) is 0 Å². The van der Waals surface area contributed by atoms with Crippen molar-refractivity contribution in [1.29, 1.82) is 0 Å². The molecule has 3 atom stereocenters. The van der Waals surface area contributed by atoms with Crippen LogP contribution in [0.2, 0.25) is 0 Å². The first-order valence-corrected chi connectivity index (χ1v) is 23.3. The van der Waals surface area contributed by atoms with Gasteiger partial charge in [-0.2, -0.15) is 0 Å². The van der Waals surface area contributed by atoms with Crippen molar-refractivity contribution in [3.63, 3.8) is 0 Å². The Morgan fingerprint density at radius 3 is 1.88 bits per heavy atom. The Hall–Kier alpha value is -2.26. The third-order valence-electron chi connectivity index (χ3n) is 8.88. The Balaban J connectivity index is 4.51. The van der Waals surface area contributed by atoms with Crippen molar-refractivity contribution >= 4 is 13.8 Å². The standard InChI is InChI=1S/C46H82NO8P/c1-6-8-10-12-14-16-17-18-19-20-21-22-24-26-31-35-40-52-42-45(43-54-56(50,51)53-41-39-47(3,4)5)55-46(49)38-34-30-27-29-33-37-44(48)36-32-28-25-23-15-13-11-9-7-2/h15-17,23,27-29,32-33,35,37,40,44-45,48H,6-14,18-22,24-26,30-31,34,36,38-39,41-43H2,1-5H3/p+1/b17-16-,23-15-,29-27+,32-28-,37-33-,40-35+/t44?,45-/m1/s1. The molecule has 0 aromatic rings. The van der Waals surface area contributed by atoms with Crippen molar-refractivity contribution in [2.45, 2.75) is 167 Å². The van der Waals surface area contributed by atoms with Crippen molar-refractivity contribution in [1.82, 2.24) is 0 Å². The molecule has 0 aliphatic carbocycles. The number of carbonyl (C=O) groups is 1. The summed E-state index contributed by atoms with van der Waals surface area (Å²) in [4.78, 5) is 22.8. The number of unbranched alkanes of at least 4 members (excludes halogenated alkanes) is 15. The van der Waals surface area contributed by atoms with E-state index in [0.29, 0.717) is 30.3 Å². The summed E-state index contributed by atoms with van der Waals surface area (Å²) in [5.74, 6) is -0.440. The molecule has 0 spiro atoms. The van der Waals surface area contributed by atoms with E-state index >= 15 is 0 Å². The molecule has 0 aliphatic rings. The summed E-state index contributed by atoms with van der Waals surface area (Å²) in [5, 5.41) is 10.2. The minimum atomic E-state index is -4.33. The first kappa shape index (κ1) is 53.7. The van der Waals surface area contributed by atoms with Crippen LogP contribution in [-0.4, -0.2) is 80.2 Å². The Morgan fingerprint density at radius 2 is 1.21 bits per heavy atom. The molecule has 0 aromatic carbocycles. The highest BCUT2D eigenvalue weighted by Gasteiger charge is 2.26. The second-order valence-electron chi connectivity index (χ2n) is 15.6. The number of phosphoric ester groups is 1. The number of quaternary nitrogens is 1. The van der Waals surface area contributed by atoms with Gasteiger partial charge in [-0.25, -0.2) is 4.57 Å². The van der Waals surface area contributed by atoms with Gasteiger partial charge in [-0.3, -0.25) is 13.8 Å². The van der Waals surface area contributed by atoms with E-state index in [1.54, 1.807) is 12.3 Å². The van der Waals surface area contributed by atoms with Gasteiger partial charge in [0.2, 0.25) is 0 Å². The van der Waals surface area contributed by atoms with Gasteiger partial charge in [-0.05, 0) is 83.1 Å². The molecular weight excluding hydrogens is 725 g/mol. The number of likely N-dealkylation sites (N-methyl/N-ethyl adjacent to an activating group) is 1. The van der Waals surface area contributed by atoms with Gasteiger partial charge in [0.1, 0.15) is 19.8 Å². The minimum absolute atomic E-state index is 0.00767. The van der Waals surface area contributed by atoms with Crippen LogP contribution < -0.4 is 0 Å². The Morgan fingerprint density at radius 1 is 0.661 bits per heavy atom. The third-order valence-corrected chi connectivity index (χ3v) is 9.87. The molecule has 324 valence electrons. The maximum atomic E-state index is 12.7. The molecule has 0 heterocycles. The predicted octanol–water partition coefficient (Wildman–Crippen LogP) is 12.0. The molecule has 2 N–H and O–H groups in total. The highest BCUT2D eigenvalue weighted by molar-refractivity contribution is 7.47. The smallest absolute Gasteiger partial charge is 0.472 e. The number of phosphoric acid groups is 1. The summed E-state index contributed by atoms with van der Waals surface area (Å²) < 4.78 is 34.6. The fourth-order valence-electron chi connectivity index (χ4n) is 5.41. The summed E-state index contributed by atoms with van der Waals surface area (Å²) in [6.07, 6.45) is 46.3. The number of allylic oxidation sites excluding steroid dienone is 9. The van der Waals surface area contributed by atoms with Gasteiger partial charge in [-0.15, -0.1) is 0 Å². The molecule has 0 fully saturated rings. The quantitative estimate of drug-likeness (QED) is 0.0120. The van der Waals surface area contributed by atoms with Gasteiger partial charge in [-0.1, -0.05) is 132 Å². The van der Waals surface area contributed by atoms with E-state index in [0.717, 1.165) is 25.7 Å². The number of rotatable bonds is 39. The van der Waals surface area contributed by atoms with Crippen LogP contribution in [0.25, 0.3) is 0 Å². The topological polar surface area (TPSA) is 112 Å². The van der Waals surface area contributed by atoms with Crippen LogP contribution in [0.15, 0.2) is 73.1 Å². The van der Waals surface area contributed by atoms with Crippen LogP contribution in [0.1, 0.15) is 155 Å². The molecule has 0 radical (unpaired) electrons. The van der Waals surface area contributed by atoms with E-state index in [1.165, 1.54) is 89.9 Å². The van der Waals surface area contributed by atoms with Crippen molar-refractivity contribution in [3.05, 3.63) is 73.1 Å². The first-order chi connectivity index (χ1) is 27.0. The number of nitrogens with zero attached hydrogens (tertiary/aromatic N) is 1. The monoisotopic (exact) mass is 809 g/mol. The van der Waals surface area contributed by atoms with Crippen molar-refractivity contribution in [2.24, 2.45) is 0 Å². The van der Waals surface area contributed by atoms with E-state index in [1.807, 2.05) is 51.5 Å². The molecule has 0 aromatic heterocycles. The lowest BCUT2D eigenvalue weighted by Gasteiger charge is -2.24. The number of ether oxygens (including phenoxy) is 2. The van der Waals surface area contributed by atoms with Gasteiger partial charge in [0.15, 0.2) is 6.10 Å². The predicted molar refractivity (Wildman–Crippen MR) is 234 cm³/mol. The van der Waals surface area contributed by atoms with Crippen molar-refractivity contribution < 1.29 is 42.4 Å². The Bertz CT molecular complexity index is 1140. The average molecular weight is 809 g/mol. The summed E-state index contributed by atoms with van der Waals surface area (Å²) in [6, 6.07) is 0. The van der Waals surface area contributed by atoms with Crippen LogP contribution in [0.3, 0.4) is 0 Å². The zero-order valence-electron chi connectivity index (χ0n) is 36.2. The summed E-state index contributed by atoms with van der Waals surface area (Å²) >= 11 is 0. The molecule has 2 unspecified atom stereocenters. The van der Waals surface area contributed by atoms with Crippen LogP contribution in [-0.2, 0) is 27.9 Å². The number of hydrogen-bond donors (Lipinski definition) is 2. The van der Waals surface area contributed by atoms with Crippen LogP contribution >= 0.6 is 7.82 Å². The Labute approximate surface area is 343 Å². The highest BCUT2D eigenvalue weighted by atomic mass is 31.2. The van der Waals surface area contributed by atoms with Crippen molar-refractivity contribution in [3.8, 4) is 0 Å². The van der Waals surface area contributed by atoms with E-state index in [4.69, 9.17) is 18.5 Å². The van der Waals surface area contributed by atoms with Gasteiger partial charge >= 0.3 is 13.8 Å². The minimum Gasteiger partial charge on any atom is -0.498 e. The second-order valence-corrected chi connectivity index (χ2v) is 17.1. The third kappa shape index (κ3) is 41.4. The number of aliphatic hydroxyl groups excluding tert-OH is 1. The SMILES string of the molecule is CCCCC/C=C\C/C=C\CC(O)/C=C\C=C\CCCC(=O)O[C@H](CO/C=C/CCCCCCCC/C=C\CCCCCC)COP(=O)(O)OCC[N+](C)(C)C. The number of carbonyl (C=O) groups excluding carboxylic acids is 1. The lowest BCUT2D eigenvalue weighted by Crippen LogP contribution is -2.37. The number of aliphatic hydroxyl groups is 1. The molecule has 56 heavy (non-hydrogen) atoms. The van der Waals surface area contributed by atoms with Gasteiger partial charge in [0, 0.05) is 6.42 Å². The largest absolute Gasteiger partial charge is 0.498 e. The van der Waals surface area contributed by atoms with E-state index in [2.05, 4.69) is 44.2 Å². The molecule has 9 nitrogen and oxygen atoms in total.